The minimum absolute atomic E-state index is 0.0957. The minimum Gasteiger partial charge on any atom is -0.390 e. The molecule has 1 aliphatic heterocycles. The third kappa shape index (κ3) is 2.88. The Morgan fingerprint density at radius 1 is 1.25 bits per heavy atom. The van der Waals surface area contributed by atoms with E-state index in [-0.39, 0.29) is 17.2 Å². The highest BCUT2D eigenvalue weighted by Gasteiger charge is 2.43. The molecule has 0 unspecified atom stereocenters. The Morgan fingerprint density at radius 3 is 2.30 bits per heavy atom. The molecule has 20 heavy (non-hydrogen) atoms. The van der Waals surface area contributed by atoms with E-state index < -0.39 is 37.8 Å². The molecule has 1 heterocycles. The van der Waals surface area contributed by atoms with Crippen molar-refractivity contribution >= 4 is 19.9 Å². The molecule has 0 radical (unpaired) electrons. The van der Waals surface area contributed by atoms with Gasteiger partial charge in [0.25, 0.3) is 0 Å². The Kier molecular flexibility index (Phi) is 4.19. The van der Waals surface area contributed by atoms with Gasteiger partial charge in [-0.2, -0.15) is 4.31 Å². The molecule has 112 valence electrons. The normalized spacial score (nSPS) is 25.9. The van der Waals surface area contributed by atoms with E-state index in [1.165, 1.54) is 12.1 Å². The van der Waals surface area contributed by atoms with Crippen LogP contribution in [0.4, 0.5) is 0 Å². The highest BCUT2D eigenvalue weighted by molar-refractivity contribution is 7.92. The zero-order chi connectivity index (χ0) is 15.0. The molecular formula is C12H17NO5S2. The molecule has 1 aromatic carbocycles. The van der Waals surface area contributed by atoms with E-state index in [9.17, 15) is 21.9 Å². The Bertz CT molecular complexity index is 669. The van der Waals surface area contributed by atoms with Crippen molar-refractivity contribution < 1.29 is 21.9 Å². The third-order valence-corrected chi connectivity index (χ3v) is 7.04. The maximum atomic E-state index is 12.5. The Hall–Kier alpha value is -0.960. The average Bonchev–Trinajstić information content (AvgIpc) is 2.64. The van der Waals surface area contributed by atoms with E-state index in [0.717, 1.165) is 4.31 Å². The molecule has 0 aliphatic carbocycles. The Morgan fingerprint density at radius 2 is 1.85 bits per heavy atom. The maximum absolute atomic E-state index is 12.5. The van der Waals surface area contributed by atoms with Crippen LogP contribution in [0.3, 0.4) is 0 Å². The molecule has 0 bridgehead atoms. The molecular weight excluding hydrogens is 302 g/mol. The van der Waals surface area contributed by atoms with Crippen LogP contribution >= 0.6 is 0 Å². The van der Waals surface area contributed by atoms with E-state index in [1.807, 2.05) is 0 Å². The summed E-state index contributed by atoms with van der Waals surface area (Å²) < 4.78 is 49.2. The quantitative estimate of drug-likeness (QED) is 0.833. The van der Waals surface area contributed by atoms with Crippen molar-refractivity contribution in [2.24, 2.45) is 0 Å². The van der Waals surface area contributed by atoms with E-state index in [0.29, 0.717) is 0 Å². The summed E-state index contributed by atoms with van der Waals surface area (Å²) in [7, 11) is -7.21. The van der Waals surface area contributed by atoms with Crippen molar-refractivity contribution in [3.05, 3.63) is 30.3 Å². The molecule has 0 amide bonds. The number of hydrogen-bond acceptors (Lipinski definition) is 5. The molecule has 6 nitrogen and oxygen atoms in total. The topological polar surface area (TPSA) is 91.8 Å². The Balaban J connectivity index is 2.39. The van der Waals surface area contributed by atoms with Crippen molar-refractivity contribution in [2.75, 3.05) is 18.1 Å². The summed E-state index contributed by atoms with van der Waals surface area (Å²) in [5, 5.41) is 9.85. The van der Waals surface area contributed by atoms with E-state index in [2.05, 4.69) is 0 Å². The van der Waals surface area contributed by atoms with E-state index >= 15 is 0 Å². The SMILES string of the molecule is CCN([C@@H]1CS(=O)(=O)C[C@H]1O)S(=O)(=O)c1ccccc1. The largest absolute Gasteiger partial charge is 0.390 e. The van der Waals surface area contributed by atoms with Gasteiger partial charge in [-0.3, -0.25) is 0 Å². The summed E-state index contributed by atoms with van der Waals surface area (Å²) in [5.41, 5.74) is 0. The zero-order valence-corrected chi connectivity index (χ0v) is 12.6. The molecule has 1 aliphatic rings. The number of likely N-dealkylation sites (N-methyl/N-ethyl adjacent to an activating group) is 1. The molecule has 0 aromatic heterocycles. The van der Waals surface area contributed by atoms with Gasteiger partial charge < -0.3 is 5.11 Å². The van der Waals surface area contributed by atoms with Gasteiger partial charge in [0.05, 0.1) is 28.5 Å². The highest BCUT2D eigenvalue weighted by atomic mass is 32.2. The fourth-order valence-electron chi connectivity index (χ4n) is 2.40. The fraction of sp³-hybridized carbons (Fsp3) is 0.500. The van der Waals surface area contributed by atoms with E-state index in [1.54, 1.807) is 25.1 Å². The van der Waals surface area contributed by atoms with Crippen molar-refractivity contribution in [3.8, 4) is 0 Å². The van der Waals surface area contributed by atoms with Gasteiger partial charge in [0.2, 0.25) is 10.0 Å². The van der Waals surface area contributed by atoms with Crippen molar-refractivity contribution in [2.45, 2.75) is 24.0 Å². The predicted octanol–water partition coefficient (Wildman–Crippen LogP) is -0.145. The van der Waals surface area contributed by atoms with Crippen LogP contribution in [-0.2, 0) is 19.9 Å². The number of rotatable bonds is 4. The molecule has 2 atom stereocenters. The number of benzene rings is 1. The first kappa shape index (κ1) is 15.4. The molecule has 8 heteroatoms. The average molecular weight is 319 g/mol. The standard InChI is InChI=1S/C12H17NO5S2/c1-2-13(11-8-19(15,16)9-12(11)14)20(17,18)10-6-4-3-5-7-10/h3-7,11-12,14H,2,8-9H2,1H3/t11-,12-/m1/s1. The monoisotopic (exact) mass is 319 g/mol. The minimum atomic E-state index is -3.81. The van der Waals surface area contributed by atoms with Gasteiger partial charge in [0.1, 0.15) is 0 Å². The molecule has 0 saturated carbocycles. The summed E-state index contributed by atoms with van der Waals surface area (Å²) in [6.07, 6.45) is -1.18. The lowest BCUT2D eigenvalue weighted by atomic mass is 10.2. The molecule has 1 aromatic rings. The van der Waals surface area contributed by atoms with Crippen LogP contribution in [0.5, 0.6) is 0 Å². The number of aliphatic hydroxyl groups excluding tert-OH is 1. The second kappa shape index (κ2) is 5.44. The second-order valence-corrected chi connectivity index (χ2v) is 8.78. The van der Waals surface area contributed by atoms with Gasteiger partial charge in [0.15, 0.2) is 9.84 Å². The van der Waals surface area contributed by atoms with Crippen LogP contribution in [0.25, 0.3) is 0 Å². The van der Waals surface area contributed by atoms with Crippen molar-refractivity contribution in [1.82, 2.24) is 4.31 Å². The van der Waals surface area contributed by atoms with Crippen LogP contribution in [0.2, 0.25) is 0 Å². The predicted molar refractivity (Wildman–Crippen MR) is 74.5 cm³/mol. The van der Waals surface area contributed by atoms with Gasteiger partial charge >= 0.3 is 0 Å². The van der Waals surface area contributed by atoms with Crippen molar-refractivity contribution in [3.63, 3.8) is 0 Å². The number of sulfonamides is 1. The maximum Gasteiger partial charge on any atom is 0.243 e. The summed E-state index contributed by atoms with van der Waals surface area (Å²) >= 11 is 0. The number of aliphatic hydroxyl groups is 1. The number of nitrogens with zero attached hydrogens (tertiary/aromatic N) is 1. The third-order valence-electron chi connectivity index (χ3n) is 3.32. The van der Waals surface area contributed by atoms with Gasteiger partial charge in [0, 0.05) is 6.54 Å². The van der Waals surface area contributed by atoms with Crippen molar-refractivity contribution in [1.29, 1.82) is 0 Å². The van der Waals surface area contributed by atoms with Crippen LogP contribution in [-0.4, -0.2) is 56.4 Å². The summed E-state index contributed by atoms with van der Waals surface area (Å²) in [5.74, 6) is -0.730. The number of sulfone groups is 1. The van der Waals surface area contributed by atoms with Crippen LogP contribution < -0.4 is 0 Å². The zero-order valence-electron chi connectivity index (χ0n) is 11.0. The first-order valence-corrected chi connectivity index (χ1v) is 9.49. The lowest BCUT2D eigenvalue weighted by Crippen LogP contribution is -2.46. The molecule has 1 saturated heterocycles. The summed E-state index contributed by atoms with van der Waals surface area (Å²) in [6.45, 7) is 1.73. The molecule has 0 spiro atoms. The first-order chi connectivity index (χ1) is 9.28. The lowest BCUT2D eigenvalue weighted by molar-refractivity contribution is 0.130. The number of hydrogen-bond donors (Lipinski definition) is 1. The lowest BCUT2D eigenvalue weighted by Gasteiger charge is -2.28. The van der Waals surface area contributed by atoms with E-state index in [4.69, 9.17) is 0 Å². The van der Waals surface area contributed by atoms with Crippen LogP contribution in [0.1, 0.15) is 6.92 Å². The van der Waals surface area contributed by atoms with Gasteiger partial charge in [-0.15, -0.1) is 0 Å². The first-order valence-electron chi connectivity index (χ1n) is 6.23. The van der Waals surface area contributed by atoms with Gasteiger partial charge in [-0.05, 0) is 12.1 Å². The second-order valence-electron chi connectivity index (χ2n) is 4.73. The smallest absolute Gasteiger partial charge is 0.243 e. The van der Waals surface area contributed by atoms with Crippen LogP contribution in [0.15, 0.2) is 35.2 Å². The molecule has 2 rings (SSSR count). The summed E-state index contributed by atoms with van der Waals surface area (Å²) in [4.78, 5) is 0.0957. The van der Waals surface area contributed by atoms with Gasteiger partial charge in [-0.25, -0.2) is 16.8 Å². The summed E-state index contributed by atoms with van der Waals surface area (Å²) in [6, 6.07) is 6.88. The Labute approximate surface area is 119 Å². The van der Waals surface area contributed by atoms with Crippen LogP contribution in [0, 0.1) is 0 Å². The molecule has 1 N–H and O–H groups in total. The fourth-order valence-corrected chi connectivity index (χ4v) is 5.97. The highest BCUT2D eigenvalue weighted by Crippen LogP contribution is 2.24. The molecule has 1 fully saturated rings. The van der Waals surface area contributed by atoms with Gasteiger partial charge in [-0.1, -0.05) is 25.1 Å².